The molecule has 0 aromatic heterocycles. The summed E-state index contributed by atoms with van der Waals surface area (Å²) in [5, 5.41) is 4.02. The number of hydrogen-bond donors (Lipinski definition) is 1. The Labute approximate surface area is 113 Å². The van der Waals surface area contributed by atoms with Crippen LogP contribution < -0.4 is 5.32 Å². The van der Waals surface area contributed by atoms with Gasteiger partial charge in [-0.25, -0.2) is 4.39 Å². The Morgan fingerprint density at radius 1 is 1.22 bits per heavy atom. The molecule has 0 radical (unpaired) electrons. The Morgan fingerprint density at radius 2 is 1.89 bits per heavy atom. The third-order valence-corrected chi connectivity index (χ3v) is 4.52. The fraction of sp³-hybridized carbons (Fsp3) is 0.600. The highest BCUT2D eigenvalue weighted by atomic mass is 35.5. The molecule has 2 fully saturated rings. The number of benzene rings is 1. The smallest absolute Gasteiger partial charge is 0.124 e. The molecule has 2 aliphatic rings. The maximum atomic E-state index is 12.9. The van der Waals surface area contributed by atoms with Crippen LogP contribution in [-0.2, 0) is 6.54 Å². The minimum atomic E-state index is -0.266. The summed E-state index contributed by atoms with van der Waals surface area (Å²) in [4.78, 5) is 0. The molecule has 3 rings (SSSR count). The monoisotopic (exact) mass is 267 g/mol. The normalized spacial score (nSPS) is 19.5. The third-order valence-electron chi connectivity index (χ3n) is 4.17. The van der Waals surface area contributed by atoms with Gasteiger partial charge in [0.2, 0.25) is 0 Å². The van der Waals surface area contributed by atoms with Gasteiger partial charge in [-0.2, -0.15) is 0 Å². The van der Waals surface area contributed by atoms with E-state index in [-0.39, 0.29) is 5.82 Å². The van der Waals surface area contributed by atoms with E-state index in [1.165, 1.54) is 37.8 Å². The molecule has 0 unspecified atom stereocenters. The van der Waals surface area contributed by atoms with Gasteiger partial charge in [-0.3, -0.25) is 0 Å². The van der Waals surface area contributed by atoms with E-state index >= 15 is 0 Å². The molecule has 0 atom stereocenters. The van der Waals surface area contributed by atoms with Crippen LogP contribution in [0.4, 0.5) is 4.39 Å². The summed E-state index contributed by atoms with van der Waals surface area (Å²) in [6.45, 7) is 1.83. The number of nitrogens with one attached hydrogen (secondary N) is 1. The summed E-state index contributed by atoms with van der Waals surface area (Å²) in [6.07, 6.45) is 5.67. The van der Waals surface area contributed by atoms with Gasteiger partial charge in [0.25, 0.3) is 0 Å². The van der Waals surface area contributed by atoms with Crippen molar-refractivity contribution in [3.05, 3.63) is 34.6 Å². The molecule has 3 heteroatoms. The predicted octanol–water partition coefficient (Wildman–Crippen LogP) is 4.00. The molecule has 0 aliphatic heterocycles. The predicted molar refractivity (Wildman–Crippen MR) is 72.1 cm³/mol. The molecule has 0 amide bonds. The fourth-order valence-corrected chi connectivity index (χ4v) is 3.04. The van der Waals surface area contributed by atoms with E-state index in [0.29, 0.717) is 5.02 Å². The van der Waals surface area contributed by atoms with E-state index in [2.05, 4.69) is 5.32 Å². The second kappa shape index (κ2) is 5.18. The van der Waals surface area contributed by atoms with Crippen molar-refractivity contribution >= 4 is 11.6 Å². The van der Waals surface area contributed by atoms with Crippen molar-refractivity contribution in [3.63, 3.8) is 0 Å². The van der Waals surface area contributed by atoms with Crippen LogP contribution >= 0.6 is 11.6 Å². The van der Waals surface area contributed by atoms with Crippen molar-refractivity contribution < 1.29 is 4.39 Å². The molecule has 18 heavy (non-hydrogen) atoms. The lowest BCUT2D eigenvalue weighted by molar-refractivity contribution is 0.378. The second-order valence-electron chi connectivity index (χ2n) is 5.71. The largest absolute Gasteiger partial charge is 0.312 e. The first-order valence-corrected chi connectivity index (χ1v) is 7.26. The molecule has 2 saturated carbocycles. The van der Waals surface area contributed by atoms with Crippen molar-refractivity contribution in [2.24, 2.45) is 17.8 Å². The highest BCUT2D eigenvalue weighted by molar-refractivity contribution is 6.31. The molecule has 1 N–H and O–H groups in total. The molecule has 1 aromatic rings. The van der Waals surface area contributed by atoms with Crippen LogP contribution in [-0.4, -0.2) is 6.54 Å². The SMILES string of the molecule is Fc1ccc(CNCC(C2CC2)C2CC2)c(Cl)c1. The van der Waals surface area contributed by atoms with Crippen LogP contribution in [0.15, 0.2) is 18.2 Å². The van der Waals surface area contributed by atoms with E-state index in [0.717, 1.165) is 36.4 Å². The maximum Gasteiger partial charge on any atom is 0.124 e. The van der Waals surface area contributed by atoms with Crippen molar-refractivity contribution in [2.75, 3.05) is 6.54 Å². The van der Waals surface area contributed by atoms with Gasteiger partial charge < -0.3 is 5.32 Å². The highest BCUT2D eigenvalue weighted by Crippen LogP contribution is 2.48. The van der Waals surface area contributed by atoms with Gasteiger partial charge in [0.1, 0.15) is 5.82 Å². The van der Waals surface area contributed by atoms with E-state index in [9.17, 15) is 4.39 Å². The molecule has 0 spiro atoms. The molecule has 1 aromatic carbocycles. The van der Waals surface area contributed by atoms with Gasteiger partial charge >= 0.3 is 0 Å². The van der Waals surface area contributed by atoms with Crippen molar-refractivity contribution in [3.8, 4) is 0 Å². The standard InChI is InChI=1S/C15H19ClFN/c16-15-7-13(17)6-5-12(15)8-18-9-14(10-1-2-10)11-3-4-11/h5-7,10-11,14,18H,1-4,8-9H2. The number of halogens is 2. The summed E-state index contributed by atoms with van der Waals surface area (Å²) in [6, 6.07) is 4.63. The molecule has 98 valence electrons. The molecule has 0 saturated heterocycles. The molecular formula is C15H19ClFN. The van der Waals surface area contributed by atoms with Gasteiger partial charge in [-0.1, -0.05) is 17.7 Å². The first kappa shape index (κ1) is 12.4. The lowest BCUT2D eigenvalue weighted by Gasteiger charge is -2.16. The van der Waals surface area contributed by atoms with Gasteiger partial charge in [0.05, 0.1) is 0 Å². The zero-order valence-corrected chi connectivity index (χ0v) is 11.2. The van der Waals surface area contributed by atoms with Crippen molar-refractivity contribution in [2.45, 2.75) is 32.2 Å². The lowest BCUT2D eigenvalue weighted by atomic mass is 9.98. The van der Waals surface area contributed by atoms with E-state index < -0.39 is 0 Å². The highest BCUT2D eigenvalue weighted by Gasteiger charge is 2.40. The Balaban J connectivity index is 1.51. The van der Waals surface area contributed by atoms with Crippen LogP contribution in [0.3, 0.4) is 0 Å². The minimum absolute atomic E-state index is 0.266. The van der Waals surface area contributed by atoms with E-state index in [1.54, 1.807) is 6.07 Å². The maximum absolute atomic E-state index is 12.9. The quantitative estimate of drug-likeness (QED) is 0.821. The zero-order chi connectivity index (χ0) is 12.5. The van der Waals surface area contributed by atoms with Gasteiger partial charge in [-0.15, -0.1) is 0 Å². The minimum Gasteiger partial charge on any atom is -0.312 e. The Kier molecular flexibility index (Phi) is 3.58. The summed E-state index contributed by atoms with van der Waals surface area (Å²) in [5.74, 6) is 2.53. The first-order chi connectivity index (χ1) is 8.74. The van der Waals surface area contributed by atoms with Crippen LogP contribution in [0.2, 0.25) is 5.02 Å². The van der Waals surface area contributed by atoms with Crippen LogP contribution in [0, 0.1) is 23.6 Å². The van der Waals surface area contributed by atoms with Crippen LogP contribution in [0.1, 0.15) is 31.2 Å². The first-order valence-electron chi connectivity index (χ1n) is 6.88. The average Bonchev–Trinajstić information content (AvgIpc) is 3.20. The topological polar surface area (TPSA) is 12.0 Å². The lowest BCUT2D eigenvalue weighted by Crippen LogP contribution is -2.25. The van der Waals surface area contributed by atoms with Crippen LogP contribution in [0.25, 0.3) is 0 Å². The third kappa shape index (κ3) is 3.04. The summed E-state index contributed by atoms with van der Waals surface area (Å²) in [7, 11) is 0. The summed E-state index contributed by atoms with van der Waals surface area (Å²) in [5.41, 5.74) is 0.989. The Hall–Kier alpha value is -0.600. The zero-order valence-electron chi connectivity index (χ0n) is 10.5. The van der Waals surface area contributed by atoms with Gasteiger partial charge in [0.15, 0.2) is 0 Å². The van der Waals surface area contributed by atoms with Gasteiger partial charge in [-0.05, 0) is 67.7 Å². The molecular weight excluding hydrogens is 249 g/mol. The fourth-order valence-electron chi connectivity index (χ4n) is 2.81. The summed E-state index contributed by atoms with van der Waals surface area (Å²) < 4.78 is 12.9. The molecule has 0 heterocycles. The molecule has 1 nitrogen and oxygen atoms in total. The van der Waals surface area contributed by atoms with E-state index in [4.69, 9.17) is 11.6 Å². The van der Waals surface area contributed by atoms with Crippen molar-refractivity contribution in [1.29, 1.82) is 0 Å². The average molecular weight is 268 g/mol. The molecule has 2 aliphatic carbocycles. The number of hydrogen-bond acceptors (Lipinski definition) is 1. The number of rotatable bonds is 6. The van der Waals surface area contributed by atoms with Gasteiger partial charge in [0, 0.05) is 11.6 Å². The van der Waals surface area contributed by atoms with E-state index in [1.807, 2.05) is 0 Å². The molecule has 0 bridgehead atoms. The Bertz CT molecular complexity index is 415. The summed E-state index contributed by atoms with van der Waals surface area (Å²) >= 11 is 6.01. The van der Waals surface area contributed by atoms with Crippen LogP contribution in [0.5, 0.6) is 0 Å². The van der Waals surface area contributed by atoms with Crippen molar-refractivity contribution in [1.82, 2.24) is 5.32 Å². The Morgan fingerprint density at radius 3 is 2.44 bits per heavy atom. The second-order valence-corrected chi connectivity index (χ2v) is 6.11.